The molecule has 0 bridgehead atoms. The van der Waals surface area contributed by atoms with Crippen molar-refractivity contribution in [1.82, 2.24) is 0 Å². The van der Waals surface area contributed by atoms with E-state index in [1.54, 1.807) is 13.0 Å². The van der Waals surface area contributed by atoms with Gasteiger partial charge in [-0.2, -0.15) is 5.26 Å². The number of nitrogens with zero attached hydrogens (tertiary/aromatic N) is 1. The van der Waals surface area contributed by atoms with E-state index >= 15 is 0 Å². The maximum absolute atomic E-state index is 9.17. The molecule has 1 aromatic rings. The molecule has 0 radical (unpaired) electrons. The van der Waals surface area contributed by atoms with Crippen LogP contribution in [0.15, 0.2) is 6.07 Å². The van der Waals surface area contributed by atoms with Gasteiger partial charge in [0.15, 0.2) is 11.5 Å². The average molecular weight is 184 g/mol. The Morgan fingerprint density at radius 2 is 2.08 bits per heavy atom. The highest BCUT2D eigenvalue weighted by Gasteiger charge is 2.12. The van der Waals surface area contributed by atoms with Crippen molar-refractivity contribution in [2.75, 3.05) is 0 Å². The highest BCUT2D eigenvalue weighted by Crippen LogP contribution is 2.35. The summed E-state index contributed by atoms with van der Waals surface area (Å²) in [6.07, 6.45) is 0. The van der Waals surface area contributed by atoms with E-state index in [-0.39, 0.29) is 16.3 Å². The van der Waals surface area contributed by atoms with Gasteiger partial charge in [-0.15, -0.1) is 0 Å². The third-order valence-corrected chi connectivity index (χ3v) is 1.98. The summed E-state index contributed by atoms with van der Waals surface area (Å²) in [5.74, 6) is -0.790. The standard InChI is InChI=1S/C8H6ClNO2/c1-4-5(3-10)8(12)7(11)2-6(4)9/h2,11-12H,1H3. The predicted molar refractivity (Wildman–Crippen MR) is 44.2 cm³/mol. The molecule has 0 aliphatic rings. The molecule has 0 unspecified atom stereocenters. The average Bonchev–Trinajstić information content (AvgIpc) is 2.02. The van der Waals surface area contributed by atoms with Gasteiger partial charge in [0.2, 0.25) is 0 Å². The highest BCUT2D eigenvalue weighted by atomic mass is 35.5. The molecule has 0 amide bonds. The van der Waals surface area contributed by atoms with Gasteiger partial charge in [-0.3, -0.25) is 0 Å². The topological polar surface area (TPSA) is 64.2 Å². The monoisotopic (exact) mass is 183 g/mol. The summed E-state index contributed by atoms with van der Waals surface area (Å²) in [6.45, 7) is 1.60. The van der Waals surface area contributed by atoms with Crippen LogP contribution in [-0.2, 0) is 0 Å². The fourth-order valence-corrected chi connectivity index (χ4v) is 1.06. The molecule has 12 heavy (non-hydrogen) atoms. The Kier molecular flexibility index (Phi) is 2.11. The highest BCUT2D eigenvalue weighted by molar-refractivity contribution is 6.31. The first-order valence-electron chi connectivity index (χ1n) is 3.19. The van der Waals surface area contributed by atoms with Crippen LogP contribution in [0.3, 0.4) is 0 Å². The van der Waals surface area contributed by atoms with Gasteiger partial charge in [-0.25, -0.2) is 0 Å². The minimum absolute atomic E-state index is 0.0139. The summed E-state index contributed by atoms with van der Waals surface area (Å²) in [6, 6.07) is 2.95. The molecule has 3 nitrogen and oxygen atoms in total. The maximum atomic E-state index is 9.17. The van der Waals surface area contributed by atoms with Crippen LogP contribution in [0.2, 0.25) is 5.02 Å². The summed E-state index contributed by atoms with van der Waals surface area (Å²) < 4.78 is 0. The van der Waals surface area contributed by atoms with E-state index < -0.39 is 5.75 Å². The zero-order chi connectivity index (χ0) is 9.30. The van der Waals surface area contributed by atoms with Crippen LogP contribution in [-0.4, -0.2) is 10.2 Å². The van der Waals surface area contributed by atoms with Gasteiger partial charge in [0.25, 0.3) is 0 Å². The van der Waals surface area contributed by atoms with Crippen molar-refractivity contribution < 1.29 is 10.2 Å². The number of rotatable bonds is 0. The van der Waals surface area contributed by atoms with Crippen molar-refractivity contribution in [3.8, 4) is 17.6 Å². The molecule has 4 heteroatoms. The van der Waals surface area contributed by atoms with E-state index in [1.807, 2.05) is 0 Å². The molecule has 1 aromatic carbocycles. The number of benzene rings is 1. The molecule has 0 aromatic heterocycles. The van der Waals surface area contributed by atoms with Crippen LogP contribution in [0.4, 0.5) is 0 Å². The summed E-state index contributed by atoms with van der Waals surface area (Å²) in [5, 5.41) is 27.1. The normalized spacial score (nSPS) is 9.42. The number of halogens is 1. The minimum atomic E-state index is -0.417. The molecule has 0 saturated carbocycles. The first kappa shape index (κ1) is 8.69. The van der Waals surface area contributed by atoms with E-state index in [9.17, 15) is 5.11 Å². The molecular weight excluding hydrogens is 178 g/mol. The van der Waals surface area contributed by atoms with Gasteiger partial charge in [0, 0.05) is 11.1 Å². The SMILES string of the molecule is Cc1c(Cl)cc(O)c(O)c1C#N. The number of phenolic OH excluding ortho intramolecular Hbond substituents is 2. The van der Waals surface area contributed by atoms with E-state index in [2.05, 4.69) is 0 Å². The summed E-state index contributed by atoms with van der Waals surface area (Å²) >= 11 is 5.65. The van der Waals surface area contributed by atoms with Gasteiger partial charge in [-0.05, 0) is 12.5 Å². The Morgan fingerprint density at radius 3 is 2.58 bits per heavy atom. The van der Waals surface area contributed by atoms with Crippen LogP contribution in [0.25, 0.3) is 0 Å². The quantitative estimate of drug-likeness (QED) is 0.604. The van der Waals surface area contributed by atoms with Crippen LogP contribution < -0.4 is 0 Å². The van der Waals surface area contributed by atoms with Crippen LogP contribution in [0.5, 0.6) is 11.5 Å². The number of hydrogen-bond acceptors (Lipinski definition) is 3. The van der Waals surface area contributed by atoms with Gasteiger partial charge >= 0.3 is 0 Å². The van der Waals surface area contributed by atoms with Crippen LogP contribution >= 0.6 is 11.6 Å². The third-order valence-electron chi connectivity index (χ3n) is 1.59. The van der Waals surface area contributed by atoms with E-state index in [0.717, 1.165) is 0 Å². The molecule has 0 aliphatic heterocycles. The Morgan fingerprint density at radius 1 is 1.50 bits per heavy atom. The van der Waals surface area contributed by atoms with E-state index in [0.29, 0.717) is 5.56 Å². The summed E-state index contributed by atoms with van der Waals surface area (Å²) in [4.78, 5) is 0. The van der Waals surface area contributed by atoms with E-state index in [1.165, 1.54) is 6.07 Å². The molecule has 62 valence electrons. The lowest BCUT2D eigenvalue weighted by Gasteiger charge is -2.04. The Balaban J connectivity index is 3.56. The van der Waals surface area contributed by atoms with Crippen LogP contribution in [0.1, 0.15) is 11.1 Å². The lowest BCUT2D eigenvalue weighted by Crippen LogP contribution is -1.85. The number of hydrogen-bond donors (Lipinski definition) is 2. The van der Waals surface area contributed by atoms with Gasteiger partial charge in [0.05, 0.1) is 0 Å². The maximum Gasteiger partial charge on any atom is 0.175 e. The Hall–Kier alpha value is -1.40. The predicted octanol–water partition coefficient (Wildman–Crippen LogP) is 1.93. The van der Waals surface area contributed by atoms with Crippen molar-refractivity contribution in [3.05, 3.63) is 22.2 Å². The van der Waals surface area contributed by atoms with Crippen molar-refractivity contribution >= 4 is 11.6 Å². The zero-order valence-electron chi connectivity index (χ0n) is 6.30. The molecule has 0 aliphatic carbocycles. The largest absolute Gasteiger partial charge is 0.504 e. The first-order valence-corrected chi connectivity index (χ1v) is 3.57. The second-order valence-corrected chi connectivity index (χ2v) is 2.75. The van der Waals surface area contributed by atoms with Gasteiger partial charge in [0.1, 0.15) is 11.6 Å². The molecular formula is C8H6ClNO2. The number of phenols is 2. The first-order chi connectivity index (χ1) is 5.57. The van der Waals surface area contributed by atoms with Crippen molar-refractivity contribution in [3.63, 3.8) is 0 Å². The zero-order valence-corrected chi connectivity index (χ0v) is 7.05. The number of aromatic hydroxyl groups is 2. The molecule has 2 N–H and O–H groups in total. The fourth-order valence-electron chi connectivity index (χ4n) is 0.859. The van der Waals surface area contributed by atoms with Crippen molar-refractivity contribution in [2.24, 2.45) is 0 Å². The van der Waals surface area contributed by atoms with Crippen molar-refractivity contribution in [2.45, 2.75) is 6.92 Å². The molecule has 0 fully saturated rings. The van der Waals surface area contributed by atoms with E-state index in [4.69, 9.17) is 22.0 Å². The molecule has 0 saturated heterocycles. The van der Waals surface area contributed by atoms with Crippen LogP contribution in [0, 0.1) is 18.3 Å². The second kappa shape index (κ2) is 2.92. The third kappa shape index (κ3) is 1.17. The smallest absolute Gasteiger partial charge is 0.175 e. The van der Waals surface area contributed by atoms with Gasteiger partial charge in [-0.1, -0.05) is 11.6 Å². The fraction of sp³-hybridized carbons (Fsp3) is 0.125. The Bertz CT molecular complexity index is 342. The lowest BCUT2D eigenvalue weighted by molar-refractivity contribution is 0.402. The van der Waals surface area contributed by atoms with Crippen molar-refractivity contribution in [1.29, 1.82) is 5.26 Å². The summed E-state index contributed by atoms with van der Waals surface area (Å²) in [7, 11) is 0. The van der Waals surface area contributed by atoms with Gasteiger partial charge < -0.3 is 10.2 Å². The number of nitriles is 1. The molecule has 1 rings (SSSR count). The molecule has 0 spiro atoms. The Labute approximate surface area is 74.4 Å². The lowest BCUT2D eigenvalue weighted by atomic mass is 10.1. The second-order valence-electron chi connectivity index (χ2n) is 2.34. The molecule has 0 heterocycles. The molecule has 0 atom stereocenters. The minimum Gasteiger partial charge on any atom is -0.504 e. The summed E-state index contributed by atoms with van der Waals surface area (Å²) in [5.41, 5.74) is 0.481.